The highest BCUT2D eigenvalue weighted by Gasteiger charge is 2.12. The van der Waals surface area contributed by atoms with Gasteiger partial charge in [0.25, 0.3) is 0 Å². The Labute approximate surface area is 113 Å². The van der Waals surface area contributed by atoms with Crippen LogP contribution in [-0.2, 0) is 10.8 Å². The highest BCUT2D eigenvalue weighted by molar-refractivity contribution is 7.84. The Hall–Kier alpha value is -1.01. The molecule has 0 aromatic carbocycles. The molecule has 0 saturated heterocycles. The fraction of sp³-hybridized carbons (Fsp3) is 0.500. The van der Waals surface area contributed by atoms with Crippen molar-refractivity contribution in [2.24, 2.45) is 0 Å². The molecule has 2 rings (SSSR count). The maximum absolute atomic E-state index is 11.4. The molecule has 2 heterocycles. The predicted octanol–water partition coefficient (Wildman–Crippen LogP) is 2.49. The predicted molar refractivity (Wildman–Crippen MR) is 78.9 cm³/mol. The molecule has 1 N–H and O–H groups in total. The molecule has 2 aromatic heterocycles. The molecule has 0 unspecified atom stereocenters. The van der Waals surface area contributed by atoms with E-state index in [4.69, 9.17) is 0 Å². The number of fused-ring (bicyclic) bond motifs is 1. The maximum Gasteiger partial charge on any atom is 0.138 e. The zero-order valence-corrected chi connectivity index (χ0v) is 12.6. The van der Waals surface area contributed by atoms with Crippen molar-refractivity contribution < 1.29 is 4.21 Å². The van der Waals surface area contributed by atoms with E-state index in [0.717, 1.165) is 21.9 Å². The van der Waals surface area contributed by atoms with Gasteiger partial charge in [0, 0.05) is 28.9 Å². The number of nitrogens with one attached hydrogen (secondary N) is 1. The molecule has 0 fully saturated rings. The Morgan fingerprint density at radius 1 is 1.44 bits per heavy atom. The largest absolute Gasteiger partial charge is 0.368 e. The van der Waals surface area contributed by atoms with Crippen LogP contribution in [0.5, 0.6) is 0 Å². The van der Waals surface area contributed by atoms with Crippen molar-refractivity contribution in [2.75, 3.05) is 18.1 Å². The quantitative estimate of drug-likeness (QED) is 0.936. The minimum atomic E-state index is -0.822. The van der Waals surface area contributed by atoms with Gasteiger partial charge in [-0.25, -0.2) is 9.97 Å². The number of hydrogen-bond donors (Lipinski definition) is 1. The van der Waals surface area contributed by atoms with Gasteiger partial charge >= 0.3 is 0 Å². The minimum absolute atomic E-state index is 0.106. The van der Waals surface area contributed by atoms with Gasteiger partial charge in [0.1, 0.15) is 16.5 Å². The third kappa shape index (κ3) is 2.70. The molecule has 0 aliphatic rings. The van der Waals surface area contributed by atoms with E-state index in [1.807, 2.05) is 13.8 Å². The summed E-state index contributed by atoms with van der Waals surface area (Å²) in [7, 11) is -0.822. The van der Waals surface area contributed by atoms with Gasteiger partial charge in [0.2, 0.25) is 0 Å². The minimum Gasteiger partial charge on any atom is -0.368 e. The topological polar surface area (TPSA) is 54.9 Å². The van der Waals surface area contributed by atoms with Crippen LogP contribution in [0.25, 0.3) is 10.2 Å². The second-order valence-corrected chi connectivity index (χ2v) is 7.07. The van der Waals surface area contributed by atoms with Gasteiger partial charge in [-0.15, -0.1) is 11.3 Å². The second kappa shape index (κ2) is 5.32. The van der Waals surface area contributed by atoms with E-state index >= 15 is 0 Å². The number of rotatable bonds is 4. The van der Waals surface area contributed by atoms with Gasteiger partial charge in [-0.05, 0) is 31.7 Å². The number of nitrogens with zero attached hydrogens (tertiary/aromatic N) is 2. The highest BCUT2D eigenvalue weighted by atomic mass is 32.2. The first kappa shape index (κ1) is 13.4. The fourth-order valence-electron chi connectivity index (χ4n) is 1.68. The summed E-state index contributed by atoms with van der Waals surface area (Å²) in [5.74, 6) is 1.62. The van der Waals surface area contributed by atoms with Crippen molar-refractivity contribution in [3.63, 3.8) is 0 Å². The van der Waals surface area contributed by atoms with E-state index in [-0.39, 0.29) is 5.25 Å². The van der Waals surface area contributed by atoms with Crippen molar-refractivity contribution in [1.29, 1.82) is 0 Å². The number of hydrogen-bond acceptors (Lipinski definition) is 5. The molecular formula is C12H17N3OS2. The smallest absolute Gasteiger partial charge is 0.138 e. The van der Waals surface area contributed by atoms with Gasteiger partial charge < -0.3 is 5.32 Å². The van der Waals surface area contributed by atoms with Crippen molar-refractivity contribution in [3.05, 3.63) is 16.8 Å². The summed E-state index contributed by atoms with van der Waals surface area (Å²) in [6, 6.07) is 0. The number of aryl methyl sites for hydroxylation is 2. The summed E-state index contributed by atoms with van der Waals surface area (Å²) >= 11 is 1.63. The lowest BCUT2D eigenvalue weighted by Gasteiger charge is -2.12. The van der Waals surface area contributed by atoms with Gasteiger partial charge in [0.05, 0.1) is 5.39 Å². The summed E-state index contributed by atoms with van der Waals surface area (Å²) in [4.78, 5) is 9.89. The summed E-state index contributed by atoms with van der Waals surface area (Å²) in [6.07, 6.45) is 1.73. The van der Waals surface area contributed by atoms with E-state index in [0.29, 0.717) is 6.54 Å². The van der Waals surface area contributed by atoms with Crippen LogP contribution in [0, 0.1) is 13.8 Å². The summed E-state index contributed by atoms with van der Waals surface area (Å²) in [6.45, 7) is 6.57. The number of aromatic nitrogens is 2. The molecule has 0 amide bonds. The van der Waals surface area contributed by atoms with Crippen LogP contribution < -0.4 is 5.32 Å². The highest BCUT2D eigenvalue weighted by Crippen LogP contribution is 2.29. The van der Waals surface area contributed by atoms with Crippen LogP contribution in [0.4, 0.5) is 5.82 Å². The molecule has 2 aromatic rings. The van der Waals surface area contributed by atoms with Crippen LogP contribution >= 0.6 is 11.3 Å². The van der Waals surface area contributed by atoms with E-state index in [2.05, 4.69) is 27.6 Å². The van der Waals surface area contributed by atoms with E-state index in [1.54, 1.807) is 17.6 Å². The molecule has 6 heteroatoms. The molecule has 0 aliphatic carbocycles. The molecular weight excluding hydrogens is 266 g/mol. The summed E-state index contributed by atoms with van der Waals surface area (Å²) in [5, 5.41) is 6.58. The van der Waals surface area contributed by atoms with Crippen molar-refractivity contribution >= 4 is 38.2 Å². The fourth-order valence-corrected chi connectivity index (χ4v) is 2.96. The molecule has 18 heavy (non-hydrogen) atoms. The molecule has 98 valence electrons. The Balaban J connectivity index is 2.32. The lowest BCUT2D eigenvalue weighted by Crippen LogP contribution is -2.21. The molecule has 4 nitrogen and oxygen atoms in total. The zero-order valence-electron chi connectivity index (χ0n) is 11.0. The standard InChI is InChI=1S/C12H17N3OS2/c1-7-6-17-12-10(7)11(14-9(3)15-12)13-5-8(2)18(4)16/h6,8H,5H2,1-4H3,(H,13,14,15)/t8-,18+/m0/s1. The second-order valence-electron chi connectivity index (χ2n) is 4.41. The Morgan fingerprint density at radius 3 is 2.83 bits per heavy atom. The van der Waals surface area contributed by atoms with Crippen LogP contribution in [0.3, 0.4) is 0 Å². The average Bonchev–Trinajstić information content (AvgIpc) is 2.67. The third-order valence-electron chi connectivity index (χ3n) is 2.85. The van der Waals surface area contributed by atoms with Crippen molar-refractivity contribution in [3.8, 4) is 0 Å². The van der Waals surface area contributed by atoms with E-state index in [1.165, 1.54) is 5.56 Å². The van der Waals surface area contributed by atoms with Crippen LogP contribution in [-0.4, -0.2) is 32.2 Å². The first-order chi connectivity index (χ1) is 8.49. The van der Waals surface area contributed by atoms with Gasteiger partial charge in [-0.3, -0.25) is 4.21 Å². The molecule has 0 bridgehead atoms. The summed E-state index contributed by atoms with van der Waals surface area (Å²) < 4.78 is 11.4. The van der Waals surface area contributed by atoms with Crippen molar-refractivity contribution in [1.82, 2.24) is 9.97 Å². The lowest BCUT2D eigenvalue weighted by atomic mass is 10.2. The maximum atomic E-state index is 11.4. The number of anilines is 1. The molecule has 0 spiro atoms. The Kier molecular flexibility index (Phi) is 3.97. The first-order valence-corrected chi connectivity index (χ1v) is 8.27. The number of thiophene rings is 1. The van der Waals surface area contributed by atoms with Crippen LogP contribution in [0.1, 0.15) is 18.3 Å². The monoisotopic (exact) mass is 283 g/mol. The molecule has 0 radical (unpaired) electrons. The third-order valence-corrected chi connectivity index (χ3v) is 5.14. The van der Waals surface area contributed by atoms with Crippen molar-refractivity contribution in [2.45, 2.75) is 26.0 Å². The molecule has 0 saturated carbocycles. The Morgan fingerprint density at radius 2 is 2.17 bits per heavy atom. The van der Waals surface area contributed by atoms with Gasteiger partial charge in [0.15, 0.2) is 0 Å². The Bertz CT molecular complexity index is 594. The summed E-state index contributed by atoms with van der Waals surface area (Å²) in [5.41, 5.74) is 1.18. The van der Waals surface area contributed by atoms with Gasteiger partial charge in [-0.2, -0.15) is 0 Å². The van der Waals surface area contributed by atoms with Crippen LogP contribution in [0.15, 0.2) is 5.38 Å². The molecule has 2 atom stereocenters. The lowest BCUT2D eigenvalue weighted by molar-refractivity contribution is 0.679. The SMILES string of the molecule is Cc1nc(NC[C@H](C)[S@@](C)=O)c2c(C)csc2n1. The first-order valence-electron chi connectivity index (χ1n) is 5.77. The normalized spacial score (nSPS) is 14.7. The zero-order chi connectivity index (χ0) is 13.3. The average molecular weight is 283 g/mol. The van der Waals surface area contributed by atoms with E-state index < -0.39 is 10.8 Å². The van der Waals surface area contributed by atoms with E-state index in [9.17, 15) is 4.21 Å². The van der Waals surface area contributed by atoms with Crippen LogP contribution in [0.2, 0.25) is 0 Å². The van der Waals surface area contributed by atoms with Gasteiger partial charge in [-0.1, -0.05) is 0 Å². The molecule has 0 aliphatic heterocycles.